The van der Waals surface area contributed by atoms with Gasteiger partial charge in [-0.25, -0.2) is 0 Å². The first-order chi connectivity index (χ1) is 13.7. The number of aromatic amines is 1. The topological polar surface area (TPSA) is 106 Å². The summed E-state index contributed by atoms with van der Waals surface area (Å²) >= 11 is 0. The summed E-state index contributed by atoms with van der Waals surface area (Å²) in [5.41, 5.74) is 8.61. The third kappa shape index (κ3) is 3.88. The minimum atomic E-state index is -0.289. The molecule has 2 heterocycles. The van der Waals surface area contributed by atoms with Gasteiger partial charge in [-0.15, -0.1) is 0 Å². The van der Waals surface area contributed by atoms with Crippen LogP contribution in [0.15, 0.2) is 76.8 Å². The average Bonchev–Trinajstić information content (AvgIpc) is 2.71. The molecule has 0 aliphatic carbocycles. The largest absolute Gasteiger partial charge is 0.426 e. The Balaban J connectivity index is 1.56. The molecule has 7 heteroatoms. The predicted molar refractivity (Wildman–Crippen MR) is 109 cm³/mol. The minimum absolute atomic E-state index is 0.0856. The monoisotopic (exact) mass is 371 g/mol. The lowest BCUT2D eigenvalue weighted by molar-refractivity contribution is 0.443. The fourth-order valence-electron chi connectivity index (χ4n) is 2.69. The highest BCUT2D eigenvalue weighted by Gasteiger charge is 2.07. The number of anilines is 1. The molecule has 2 aromatic carbocycles. The van der Waals surface area contributed by atoms with Crippen molar-refractivity contribution in [1.82, 2.24) is 15.0 Å². The maximum Gasteiger partial charge on any atom is 0.302 e. The Morgan fingerprint density at radius 1 is 1.14 bits per heavy atom. The van der Waals surface area contributed by atoms with Crippen molar-refractivity contribution >= 4 is 22.8 Å². The van der Waals surface area contributed by atoms with E-state index in [1.807, 2.05) is 30.3 Å². The number of nitrogens with zero attached hydrogens (tertiary/aromatic N) is 3. The summed E-state index contributed by atoms with van der Waals surface area (Å²) in [6, 6.07) is 16.8. The molecule has 0 saturated heterocycles. The van der Waals surface area contributed by atoms with Crippen LogP contribution in [-0.4, -0.2) is 21.2 Å². The standard InChI is InChI=1S/C21H17N5O2/c22-18-7-6-16(10-15(18)12-24-11-14-4-2-1-3-5-14)28-21-25-19-13-23-9-8-17(19)20(27)26-21/h1-10,12-13H,11,22H2,(H,25,26,27). The number of aliphatic imine (C=N–C) groups is 1. The van der Waals surface area contributed by atoms with E-state index in [2.05, 4.69) is 19.9 Å². The molecule has 3 N–H and O–H groups in total. The number of rotatable bonds is 5. The normalized spacial score (nSPS) is 11.1. The summed E-state index contributed by atoms with van der Waals surface area (Å²) in [6.45, 7) is 0.553. The molecule has 0 aliphatic heterocycles. The van der Waals surface area contributed by atoms with E-state index in [1.54, 1.807) is 36.7 Å². The number of H-pyrrole nitrogens is 1. The summed E-state index contributed by atoms with van der Waals surface area (Å²) in [5.74, 6) is 0.488. The van der Waals surface area contributed by atoms with Crippen molar-refractivity contribution in [3.05, 3.63) is 88.5 Å². The zero-order chi connectivity index (χ0) is 19.3. The summed E-state index contributed by atoms with van der Waals surface area (Å²) < 4.78 is 5.72. The van der Waals surface area contributed by atoms with Gasteiger partial charge in [0.1, 0.15) is 5.75 Å². The summed E-state index contributed by atoms with van der Waals surface area (Å²) in [4.78, 5) is 27.5. The molecule has 0 radical (unpaired) electrons. The Bertz CT molecular complexity index is 1200. The number of fused-ring (bicyclic) bond motifs is 1. The summed E-state index contributed by atoms with van der Waals surface area (Å²) in [6.07, 6.45) is 4.76. The predicted octanol–water partition coefficient (Wildman–Crippen LogP) is 3.31. The first-order valence-electron chi connectivity index (χ1n) is 8.64. The van der Waals surface area contributed by atoms with Crippen LogP contribution in [0, 0.1) is 0 Å². The van der Waals surface area contributed by atoms with Crippen LogP contribution in [0.25, 0.3) is 10.9 Å². The smallest absolute Gasteiger partial charge is 0.302 e. The van der Waals surface area contributed by atoms with E-state index in [-0.39, 0.29) is 11.6 Å². The zero-order valence-electron chi connectivity index (χ0n) is 14.9. The van der Waals surface area contributed by atoms with Crippen LogP contribution in [-0.2, 0) is 6.54 Å². The molecule has 0 amide bonds. The van der Waals surface area contributed by atoms with Crippen molar-refractivity contribution in [2.75, 3.05) is 5.73 Å². The number of benzene rings is 2. The van der Waals surface area contributed by atoms with Gasteiger partial charge in [-0.1, -0.05) is 30.3 Å². The molecule has 0 saturated carbocycles. The molecule has 0 fully saturated rings. The second kappa shape index (κ2) is 7.71. The van der Waals surface area contributed by atoms with Crippen LogP contribution in [0.3, 0.4) is 0 Å². The van der Waals surface area contributed by atoms with Gasteiger partial charge in [0, 0.05) is 23.7 Å². The molecular weight excluding hydrogens is 354 g/mol. The van der Waals surface area contributed by atoms with Gasteiger partial charge in [0.05, 0.1) is 23.6 Å². The molecule has 0 atom stereocenters. The van der Waals surface area contributed by atoms with E-state index in [0.717, 1.165) is 11.1 Å². The highest BCUT2D eigenvalue weighted by Crippen LogP contribution is 2.22. The Hall–Kier alpha value is -4.00. The number of aromatic nitrogens is 3. The minimum Gasteiger partial charge on any atom is -0.426 e. The SMILES string of the molecule is Nc1ccc(Oc2nc3cnccc3c(=O)[nH]2)cc1C=NCc1ccccc1. The zero-order valence-corrected chi connectivity index (χ0v) is 14.9. The van der Waals surface area contributed by atoms with Crippen molar-refractivity contribution in [3.63, 3.8) is 0 Å². The Morgan fingerprint density at radius 2 is 2.00 bits per heavy atom. The van der Waals surface area contributed by atoms with Crippen molar-refractivity contribution < 1.29 is 4.74 Å². The second-order valence-electron chi connectivity index (χ2n) is 6.11. The third-order valence-corrected chi connectivity index (χ3v) is 4.11. The molecular formula is C21H17N5O2. The number of ether oxygens (including phenoxy) is 1. The van der Waals surface area contributed by atoms with Crippen LogP contribution in [0.4, 0.5) is 5.69 Å². The van der Waals surface area contributed by atoms with Gasteiger partial charge in [-0.2, -0.15) is 4.98 Å². The molecule has 0 aliphatic rings. The molecule has 0 unspecified atom stereocenters. The lowest BCUT2D eigenvalue weighted by Crippen LogP contribution is -2.09. The third-order valence-electron chi connectivity index (χ3n) is 4.11. The molecule has 0 spiro atoms. The first-order valence-corrected chi connectivity index (χ1v) is 8.64. The van der Waals surface area contributed by atoms with Crippen LogP contribution in [0.1, 0.15) is 11.1 Å². The van der Waals surface area contributed by atoms with E-state index in [1.165, 1.54) is 6.20 Å². The van der Waals surface area contributed by atoms with E-state index < -0.39 is 0 Å². The van der Waals surface area contributed by atoms with Gasteiger partial charge >= 0.3 is 6.01 Å². The van der Waals surface area contributed by atoms with Crippen LogP contribution in [0.5, 0.6) is 11.8 Å². The van der Waals surface area contributed by atoms with Crippen molar-refractivity contribution in [1.29, 1.82) is 0 Å². The van der Waals surface area contributed by atoms with Gasteiger partial charge in [0.2, 0.25) is 0 Å². The number of hydrogen-bond acceptors (Lipinski definition) is 6. The number of nitrogens with two attached hydrogens (primary N) is 1. The molecule has 4 rings (SSSR count). The Labute approximate surface area is 160 Å². The molecule has 28 heavy (non-hydrogen) atoms. The lowest BCUT2D eigenvalue weighted by atomic mass is 10.2. The maximum absolute atomic E-state index is 12.1. The fourth-order valence-corrected chi connectivity index (χ4v) is 2.69. The van der Waals surface area contributed by atoms with Crippen LogP contribution < -0.4 is 16.0 Å². The van der Waals surface area contributed by atoms with Gasteiger partial charge < -0.3 is 10.5 Å². The van der Waals surface area contributed by atoms with Gasteiger partial charge in [0.15, 0.2) is 0 Å². The molecule has 0 bridgehead atoms. The van der Waals surface area contributed by atoms with Crippen molar-refractivity contribution in [2.45, 2.75) is 6.54 Å². The lowest BCUT2D eigenvalue weighted by Gasteiger charge is -2.07. The van der Waals surface area contributed by atoms with Gasteiger partial charge in [-0.05, 0) is 29.8 Å². The molecule has 138 valence electrons. The molecule has 4 aromatic rings. The fraction of sp³-hybridized carbons (Fsp3) is 0.0476. The average molecular weight is 371 g/mol. The van der Waals surface area contributed by atoms with E-state index in [9.17, 15) is 4.79 Å². The van der Waals surface area contributed by atoms with E-state index in [4.69, 9.17) is 10.5 Å². The van der Waals surface area contributed by atoms with E-state index in [0.29, 0.717) is 28.9 Å². The van der Waals surface area contributed by atoms with Gasteiger partial charge in [-0.3, -0.25) is 19.8 Å². The van der Waals surface area contributed by atoms with E-state index >= 15 is 0 Å². The first kappa shape index (κ1) is 17.4. The van der Waals surface area contributed by atoms with Gasteiger partial charge in [0.25, 0.3) is 5.56 Å². The highest BCUT2D eigenvalue weighted by molar-refractivity contribution is 5.87. The Morgan fingerprint density at radius 3 is 2.86 bits per heavy atom. The quantitative estimate of drug-likeness (QED) is 0.413. The van der Waals surface area contributed by atoms with Crippen LogP contribution in [0.2, 0.25) is 0 Å². The highest BCUT2D eigenvalue weighted by atomic mass is 16.5. The second-order valence-corrected chi connectivity index (χ2v) is 6.11. The molecule has 7 nitrogen and oxygen atoms in total. The summed E-state index contributed by atoms with van der Waals surface area (Å²) in [5, 5.41) is 0.452. The maximum atomic E-state index is 12.1. The summed E-state index contributed by atoms with van der Waals surface area (Å²) in [7, 11) is 0. The van der Waals surface area contributed by atoms with Crippen molar-refractivity contribution in [2.24, 2.45) is 4.99 Å². The number of nitrogens with one attached hydrogen (secondary N) is 1. The molecule has 2 aromatic heterocycles. The number of pyridine rings is 1. The number of hydrogen-bond donors (Lipinski definition) is 2. The van der Waals surface area contributed by atoms with Crippen molar-refractivity contribution in [3.8, 4) is 11.8 Å². The van der Waals surface area contributed by atoms with Crippen LogP contribution >= 0.6 is 0 Å². The Kier molecular flexibility index (Phi) is 4.79. The number of nitrogen functional groups attached to an aromatic ring is 1.